The lowest BCUT2D eigenvalue weighted by atomic mass is 9.70. The first kappa shape index (κ1) is 28.7. The van der Waals surface area contributed by atoms with Crippen LogP contribution in [-0.2, 0) is 5.41 Å². The predicted octanol–water partition coefficient (Wildman–Crippen LogP) is 10.5. The topological polar surface area (TPSA) is 67.4 Å². The van der Waals surface area contributed by atoms with Crippen molar-refractivity contribution in [3.63, 3.8) is 0 Å². The van der Waals surface area contributed by atoms with Crippen molar-refractivity contribution in [3.8, 4) is 57.0 Å². The molecule has 2 heterocycles. The zero-order valence-electron chi connectivity index (χ0n) is 27.8. The molecule has 1 spiro atoms. The standard InChI is InChI=1S/C47H27N5/c48-28-29-22-24-31(25-23-29)45-49-44(30-12-2-1-3-13-30)50-46(51-45)52-40-21-11-7-17-35(40)43-41(52)27-26-39-42(43)34-16-6-10-20-38(34)47(39)36-18-8-4-14-32(36)33-15-5-9-19-37(33)47/h1-27H. The monoisotopic (exact) mass is 661 g/mol. The lowest BCUT2D eigenvalue weighted by molar-refractivity contribution is 0.794. The number of hydrogen-bond acceptors (Lipinski definition) is 4. The summed E-state index contributed by atoms with van der Waals surface area (Å²) in [6.07, 6.45) is 0. The molecule has 52 heavy (non-hydrogen) atoms. The fourth-order valence-electron chi connectivity index (χ4n) is 8.86. The van der Waals surface area contributed by atoms with E-state index in [1.54, 1.807) is 12.1 Å². The predicted molar refractivity (Wildman–Crippen MR) is 206 cm³/mol. The number of hydrogen-bond donors (Lipinski definition) is 0. The second-order valence-corrected chi connectivity index (χ2v) is 13.5. The van der Waals surface area contributed by atoms with Crippen molar-refractivity contribution in [2.45, 2.75) is 5.41 Å². The fraction of sp³-hybridized carbons (Fsp3) is 0.0213. The Labute approximate surface area is 299 Å². The van der Waals surface area contributed by atoms with Gasteiger partial charge in [0.05, 0.1) is 28.1 Å². The quantitative estimate of drug-likeness (QED) is 0.189. The van der Waals surface area contributed by atoms with E-state index in [4.69, 9.17) is 15.0 Å². The van der Waals surface area contributed by atoms with Gasteiger partial charge in [0.25, 0.3) is 0 Å². The molecule has 0 fully saturated rings. The lowest BCUT2D eigenvalue weighted by Gasteiger charge is -2.30. The highest BCUT2D eigenvalue weighted by Gasteiger charge is 2.52. The van der Waals surface area contributed by atoms with Crippen molar-refractivity contribution < 1.29 is 0 Å². The van der Waals surface area contributed by atoms with Gasteiger partial charge in [0.1, 0.15) is 0 Å². The van der Waals surface area contributed by atoms with E-state index < -0.39 is 5.41 Å². The first-order valence-electron chi connectivity index (χ1n) is 17.4. The van der Waals surface area contributed by atoms with Gasteiger partial charge in [-0.2, -0.15) is 15.2 Å². The molecule has 0 bridgehead atoms. The Hall–Kier alpha value is -7.16. The summed E-state index contributed by atoms with van der Waals surface area (Å²) in [5.41, 5.74) is 14.2. The van der Waals surface area contributed by atoms with Gasteiger partial charge in [-0.15, -0.1) is 0 Å². The van der Waals surface area contributed by atoms with Crippen LogP contribution < -0.4 is 0 Å². The van der Waals surface area contributed by atoms with E-state index in [1.165, 1.54) is 49.9 Å². The Kier molecular flexibility index (Phi) is 5.88. The van der Waals surface area contributed by atoms with Crippen LogP contribution in [0.15, 0.2) is 164 Å². The van der Waals surface area contributed by atoms with Crippen LogP contribution in [0, 0.1) is 11.3 Å². The smallest absolute Gasteiger partial charge is 0.238 e. The van der Waals surface area contributed by atoms with E-state index in [2.05, 4.69) is 120 Å². The minimum absolute atomic E-state index is 0.438. The molecule has 0 aliphatic heterocycles. The van der Waals surface area contributed by atoms with Gasteiger partial charge >= 0.3 is 0 Å². The third-order valence-corrected chi connectivity index (χ3v) is 10.9. The van der Waals surface area contributed by atoms with E-state index in [0.717, 1.165) is 27.5 Å². The SMILES string of the molecule is N#Cc1ccc(-c2nc(-c3ccccc3)nc(-n3c4ccccc4c4c5c(ccc43)C3(c4ccccc4-c4ccccc43)c3ccccc3-5)n2)cc1. The minimum atomic E-state index is -0.438. The first-order valence-corrected chi connectivity index (χ1v) is 17.4. The van der Waals surface area contributed by atoms with E-state index in [1.807, 2.05) is 42.5 Å². The van der Waals surface area contributed by atoms with Crippen molar-refractivity contribution in [2.75, 3.05) is 0 Å². The average Bonchev–Trinajstić information content (AvgIpc) is 3.83. The van der Waals surface area contributed by atoms with Crippen LogP contribution in [0.2, 0.25) is 0 Å². The molecule has 2 aliphatic carbocycles. The van der Waals surface area contributed by atoms with Gasteiger partial charge in [-0.1, -0.05) is 127 Å². The van der Waals surface area contributed by atoms with Gasteiger partial charge < -0.3 is 0 Å². The van der Waals surface area contributed by atoms with Crippen LogP contribution in [0.4, 0.5) is 0 Å². The molecule has 9 aromatic rings. The molecular weight excluding hydrogens is 635 g/mol. The fourth-order valence-corrected chi connectivity index (χ4v) is 8.86. The van der Waals surface area contributed by atoms with Crippen molar-refractivity contribution >= 4 is 21.8 Å². The minimum Gasteiger partial charge on any atom is -0.278 e. The maximum absolute atomic E-state index is 9.46. The molecule has 0 saturated carbocycles. The Morgan fingerprint density at radius 1 is 0.462 bits per heavy atom. The molecule has 11 rings (SSSR count). The Balaban J connectivity index is 1.24. The number of nitriles is 1. The molecule has 0 radical (unpaired) electrons. The third-order valence-electron chi connectivity index (χ3n) is 10.9. The Morgan fingerprint density at radius 3 is 1.69 bits per heavy atom. The molecule has 0 saturated heterocycles. The third kappa shape index (κ3) is 3.73. The van der Waals surface area contributed by atoms with Crippen LogP contribution >= 0.6 is 0 Å². The Morgan fingerprint density at radius 2 is 1.02 bits per heavy atom. The highest BCUT2D eigenvalue weighted by Crippen LogP contribution is 2.64. The summed E-state index contributed by atoms with van der Waals surface area (Å²) in [6.45, 7) is 0. The summed E-state index contributed by atoms with van der Waals surface area (Å²) in [6, 6.07) is 59.6. The largest absolute Gasteiger partial charge is 0.278 e. The summed E-state index contributed by atoms with van der Waals surface area (Å²) in [5, 5.41) is 11.8. The highest BCUT2D eigenvalue weighted by atomic mass is 15.2. The molecule has 0 atom stereocenters. The second kappa shape index (κ2) is 10.7. The molecule has 2 aromatic heterocycles. The van der Waals surface area contributed by atoms with E-state index >= 15 is 0 Å². The van der Waals surface area contributed by atoms with Gasteiger partial charge in [0.15, 0.2) is 11.6 Å². The lowest BCUT2D eigenvalue weighted by Crippen LogP contribution is -2.25. The van der Waals surface area contributed by atoms with Crippen LogP contribution in [0.5, 0.6) is 0 Å². The van der Waals surface area contributed by atoms with Crippen LogP contribution in [0.1, 0.15) is 27.8 Å². The summed E-state index contributed by atoms with van der Waals surface area (Å²) < 4.78 is 2.19. The summed E-state index contributed by atoms with van der Waals surface area (Å²) in [4.78, 5) is 15.3. The molecule has 0 N–H and O–H groups in total. The first-order chi connectivity index (χ1) is 25.8. The highest BCUT2D eigenvalue weighted by molar-refractivity contribution is 6.18. The van der Waals surface area contributed by atoms with Gasteiger partial charge in [0, 0.05) is 21.9 Å². The molecule has 5 nitrogen and oxygen atoms in total. The molecular formula is C47H27N5. The molecule has 240 valence electrons. The van der Waals surface area contributed by atoms with Crippen molar-refractivity contribution in [2.24, 2.45) is 0 Å². The molecule has 7 aromatic carbocycles. The van der Waals surface area contributed by atoms with Crippen LogP contribution in [0.25, 0.3) is 72.8 Å². The van der Waals surface area contributed by atoms with Gasteiger partial charge in [-0.3, -0.25) is 4.57 Å². The number of benzene rings is 7. The van der Waals surface area contributed by atoms with E-state index in [0.29, 0.717) is 23.2 Å². The Bertz CT molecular complexity index is 2920. The normalized spacial score (nSPS) is 13.1. The van der Waals surface area contributed by atoms with E-state index in [-0.39, 0.29) is 0 Å². The van der Waals surface area contributed by atoms with E-state index in [9.17, 15) is 5.26 Å². The molecule has 5 heteroatoms. The molecule has 0 unspecified atom stereocenters. The second-order valence-electron chi connectivity index (χ2n) is 13.5. The number of para-hydroxylation sites is 1. The van der Waals surface area contributed by atoms with Crippen molar-refractivity contribution in [1.82, 2.24) is 19.5 Å². The summed E-state index contributed by atoms with van der Waals surface area (Å²) >= 11 is 0. The molecule has 2 aliphatic rings. The van der Waals surface area contributed by atoms with Gasteiger partial charge in [0.2, 0.25) is 5.95 Å². The zero-order chi connectivity index (χ0) is 34.4. The van der Waals surface area contributed by atoms with Gasteiger partial charge in [-0.25, -0.2) is 4.98 Å². The number of rotatable bonds is 3. The molecule has 0 amide bonds. The zero-order valence-corrected chi connectivity index (χ0v) is 27.8. The van der Waals surface area contributed by atoms with Crippen LogP contribution in [-0.4, -0.2) is 19.5 Å². The maximum Gasteiger partial charge on any atom is 0.238 e. The van der Waals surface area contributed by atoms with Crippen molar-refractivity contribution in [3.05, 3.63) is 192 Å². The average molecular weight is 662 g/mol. The maximum atomic E-state index is 9.46. The number of fused-ring (bicyclic) bond motifs is 14. The van der Waals surface area contributed by atoms with Crippen molar-refractivity contribution in [1.29, 1.82) is 5.26 Å². The number of nitrogens with zero attached hydrogens (tertiary/aromatic N) is 5. The number of aromatic nitrogens is 4. The van der Waals surface area contributed by atoms with Gasteiger partial charge in [-0.05, 0) is 80.9 Å². The van der Waals surface area contributed by atoms with Crippen LogP contribution in [0.3, 0.4) is 0 Å². The summed E-state index contributed by atoms with van der Waals surface area (Å²) in [5.74, 6) is 1.67. The summed E-state index contributed by atoms with van der Waals surface area (Å²) in [7, 11) is 0.